The maximum absolute atomic E-state index is 15.3. The second-order valence-electron chi connectivity index (χ2n) is 10.9. The lowest BCUT2D eigenvalue weighted by atomic mass is 10.1. The highest BCUT2D eigenvalue weighted by Gasteiger charge is 2.30. The first-order chi connectivity index (χ1) is 21.3. The molecule has 0 aliphatic carbocycles. The molecule has 2 aliphatic heterocycles. The molecule has 2 aliphatic rings. The van der Waals surface area contributed by atoms with Gasteiger partial charge in [0.05, 0.1) is 53.6 Å². The molecule has 2 fully saturated rings. The molecule has 4 heterocycles. The first-order valence-corrected chi connectivity index (χ1v) is 16.2. The number of fused-ring (bicyclic) bond motifs is 1. The third-order valence-corrected chi connectivity index (χ3v) is 9.71. The number of sulfonamides is 1. The normalized spacial score (nSPS) is 16.8. The van der Waals surface area contributed by atoms with Crippen molar-refractivity contribution >= 4 is 49.9 Å². The number of halogens is 2. The van der Waals surface area contributed by atoms with E-state index in [1.807, 2.05) is 24.0 Å². The molecule has 0 atom stereocenters. The average Bonchev–Trinajstić information content (AvgIpc) is 3.03. The standard InChI is InChI=1S/C32H34F2N6O3S/c1-23-31(36-26-19-27(21-35-20-26)38-14-16-43-17-15-38)30-28(34)8-5-9-29(30)37-32(23)39-10-12-40(13-11-39)44(41,42)22-25(33)18-24-6-3-2-4-7-24/h2-9,18-21H,10-17,22H2,1H3,(H,36,37). The zero-order chi connectivity index (χ0) is 30.7. The zero-order valence-electron chi connectivity index (χ0n) is 24.4. The van der Waals surface area contributed by atoms with Crippen LogP contribution in [0.25, 0.3) is 17.0 Å². The minimum absolute atomic E-state index is 0.178. The highest BCUT2D eigenvalue weighted by atomic mass is 32.2. The quantitative estimate of drug-likeness (QED) is 0.291. The van der Waals surface area contributed by atoms with Gasteiger partial charge in [-0.05, 0) is 36.8 Å². The smallest absolute Gasteiger partial charge is 0.220 e. The van der Waals surface area contributed by atoms with Crippen molar-refractivity contribution in [3.05, 3.63) is 89.8 Å². The van der Waals surface area contributed by atoms with Gasteiger partial charge in [-0.15, -0.1) is 0 Å². The fourth-order valence-corrected chi connectivity index (χ4v) is 7.00. The number of pyridine rings is 2. The Kier molecular flexibility index (Phi) is 8.74. The van der Waals surface area contributed by atoms with Gasteiger partial charge in [0, 0.05) is 44.8 Å². The number of nitrogens with one attached hydrogen (secondary N) is 1. The van der Waals surface area contributed by atoms with Crippen LogP contribution in [0, 0.1) is 12.7 Å². The lowest BCUT2D eigenvalue weighted by Crippen LogP contribution is -2.49. The summed E-state index contributed by atoms with van der Waals surface area (Å²) in [5, 5.41) is 3.78. The SMILES string of the molecule is Cc1c(N2CCN(S(=O)(=O)CC(F)=Cc3ccccc3)CC2)nc2cccc(F)c2c1Nc1cncc(N2CCOCC2)c1. The largest absolute Gasteiger partial charge is 0.378 e. The van der Waals surface area contributed by atoms with Crippen LogP contribution in [0.1, 0.15) is 11.1 Å². The molecule has 44 heavy (non-hydrogen) atoms. The minimum Gasteiger partial charge on any atom is -0.378 e. The molecule has 0 unspecified atom stereocenters. The maximum atomic E-state index is 15.3. The number of hydrogen-bond acceptors (Lipinski definition) is 8. The summed E-state index contributed by atoms with van der Waals surface area (Å²) in [4.78, 5) is 13.4. The van der Waals surface area contributed by atoms with Crippen LogP contribution in [0.15, 0.2) is 72.8 Å². The fourth-order valence-electron chi connectivity index (χ4n) is 5.67. The molecule has 0 amide bonds. The van der Waals surface area contributed by atoms with Crippen molar-refractivity contribution in [2.45, 2.75) is 6.92 Å². The Morgan fingerprint density at radius 2 is 1.73 bits per heavy atom. The molecule has 2 aromatic heterocycles. The number of aromatic nitrogens is 2. The lowest BCUT2D eigenvalue weighted by Gasteiger charge is -2.35. The van der Waals surface area contributed by atoms with Gasteiger partial charge in [0.15, 0.2) is 0 Å². The van der Waals surface area contributed by atoms with Gasteiger partial charge in [-0.2, -0.15) is 4.31 Å². The summed E-state index contributed by atoms with van der Waals surface area (Å²) in [5.74, 6) is -1.17. The summed E-state index contributed by atoms with van der Waals surface area (Å²) in [5.41, 5.74) is 4.04. The topological polar surface area (TPSA) is 90.9 Å². The van der Waals surface area contributed by atoms with Crippen molar-refractivity contribution in [1.29, 1.82) is 0 Å². The minimum atomic E-state index is -3.86. The Morgan fingerprint density at radius 1 is 0.977 bits per heavy atom. The van der Waals surface area contributed by atoms with E-state index in [1.165, 1.54) is 16.4 Å². The Balaban J connectivity index is 1.23. The van der Waals surface area contributed by atoms with Crippen LogP contribution in [-0.4, -0.2) is 80.9 Å². The van der Waals surface area contributed by atoms with Crippen molar-refractivity contribution < 1.29 is 21.9 Å². The molecular formula is C32H34F2N6O3S. The van der Waals surface area contributed by atoms with Gasteiger partial charge in [-0.25, -0.2) is 22.2 Å². The highest BCUT2D eigenvalue weighted by Crippen LogP contribution is 2.37. The predicted octanol–water partition coefficient (Wildman–Crippen LogP) is 5.12. The van der Waals surface area contributed by atoms with Gasteiger partial charge in [0.1, 0.15) is 23.2 Å². The van der Waals surface area contributed by atoms with E-state index in [2.05, 4.69) is 15.2 Å². The lowest BCUT2D eigenvalue weighted by molar-refractivity contribution is 0.122. The van der Waals surface area contributed by atoms with Crippen LogP contribution >= 0.6 is 0 Å². The zero-order valence-corrected chi connectivity index (χ0v) is 25.2. The van der Waals surface area contributed by atoms with Crippen LogP contribution in [0.4, 0.5) is 31.7 Å². The number of nitrogens with zero attached hydrogens (tertiary/aromatic N) is 5. The summed E-state index contributed by atoms with van der Waals surface area (Å²) < 4.78 is 62.8. The summed E-state index contributed by atoms with van der Waals surface area (Å²) in [6, 6.07) is 15.6. The molecule has 2 aromatic carbocycles. The Bertz CT molecular complexity index is 1770. The number of rotatable bonds is 8. The third kappa shape index (κ3) is 6.52. The summed E-state index contributed by atoms with van der Waals surface area (Å²) >= 11 is 0. The number of ether oxygens (including phenoxy) is 1. The van der Waals surface area contributed by atoms with Crippen LogP contribution in [0.5, 0.6) is 0 Å². The average molecular weight is 621 g/mol. The molecule has 0 spiro atoms. The fraction of sp³-hybridized carbons (Fsp3) is 0.312. The van der Waals surface area contributed by atoms with E-state index in [9.17, 15) is 12.8 Å². The molecule has 230 valence electrons. The van der Waals surface area contributed by atoms with E-state index >= 15 is 4.39 Å². The monoisotopic (exact) mass is 620 g/mol. The molecule has 2 saturated heterocycles. The van der Waals surface area contributed by atoms with E-state index in [0.29, 0.717) is 60.0 Å². The van der Waals surface area contributed by atoms with Crippen molar-refractivity contribution in [2.75, 3.05) is 73.4 Å². The molecular weight excluding hydrogens is 586 g/mol. The van der Waals surface area contributed by atoms with Gasteiger partial charge >= 0.3 is 0 Å². The van der Waals surface area contributed by atoms with Crippen LogP contribution in [0.2, 0.25) is 0 Å². The molecule has 1 N–H and O–H groups in total. The molecule has 9 nitrogen and oxygen atoms in total. The van der Waals surface area contributed by atoms with Crippen molar-refractivity contribution in [3.8, 4) is 0 Å². The Morgan fingerprint density at radius 3 is 2.48 bits per heavy atom. The molecule has 0 bridgehead atoms. The van der Waals surface area contributed by atoms with E-state index in [4.69, 9.17) is 9.72 Å². The molecule has 0 saturated carbocycles. The maximum Gasteiger partial charge on any atom is 0.220 e. The van der Waals surface area contributed by atoms with Crippen molar-refractivity contribution in [3.63, 3.8) is 0 Å². The number of benzene rings is 2. The van der Waals surface area contributed by atoms with Crippen LogP contribution < -0.4 is 15.1 Å². The molecule has 12 heteroatoms. The first-order valence-electron chi connectivity index (χ1n) is 14.6. The van der Waals surface area contributed by atoms with Gasteiger partial charge in [0.2, 0.25) is 10.0 Å². The van der Waals surface area contributed by atoms with E-state index in [1.54, 1.807) is 48.8 Å². The predicted molar refractivity (Wildman–Crippen MR) is 170 cm³/mol. The number of piperazine rings is 1. The molecule has 0 radical (unpaired) electrons. The van der Waals surface area contributed by atoms with Crippen molar-refractivity contribution in [2.24, 2.45) is 0 Å². The van der Waals surface area contributed by atoms with E-state index in [0.717, 1.165) is 24.3 Å². The Labute approximate surface area is 255 Å². The second-order valence-corrected chi connectivity index (χ2v) is 12.8. The Hall–Kier alpha value is -4.13. The second kappa shape index (κ2) is 12.8. The number of morpholine rings is 1. The molecule has 4 aromatic rings. The van der Waals surface area contributed by atoms with Gasteiger partial charge in [-0.3, -0.25) is 4.98 Å². The summed E-state index contributed by atoms with van der Waals surface area (Å²) in [6.07, 6.45) is 4.75. The van der Waals surface area contributed by atoms with Crippen LogP contribution in [0.3, 0.4) is 0 Å². The van der Waals surface area contributed by atoms with Crippen molar-refractivity contribution in [1.82, 2.24) is 14.3 Å². The molecule has 6 rings (SSSR count). The van der Waals surface area contributed by atoms with E-state index in [-0.39, 0.29) is 13.1 Å². The van der Waals surface area contributed by atoms with Gasteiger partial charge < -0.3 is 19.9 Å². The highest BCUT2D eigenvalue weighted by molar-refractivity contribution is 7.89. The number of anilines is 4. The first kappa shape index (κ1) is 29.9. The van der Waals surface area contributed by atoms with Gasteiger partial charge in [0.25, 0.3) is 0 Å². The van der Waals surface area contributed by atoms with Crippen LogP contribution in [-0.2, 0) is 14.8 Å². The summed E-state index contributed by atoms with van der Waals surface area (Å²) in [6.45, 7) is 5.76. The van der Waals surface area contributed by atoms with E-state index < -0.39 is 27.4 Å². The summed E-state index contributed by atoms with van der Waals surface area (Å²) in [7, 11) is -3.86. The number of hydrogen-bond donors (Lipinski definition) is 1. The third-order valence-electron chi connectivity index (χ3n) is 7.92. The van der Waals surface area contributed by atoms with Gasteiger partial charge in [-0.1, -0.05) is 36.4 Å².